The van der Waals surface area contributed by atoms with Gasteiger partial charge in [0.05, 0.1) is 17.0 Å². The van der Waals surface area contributed by atoms with Crippen LogP contribution < -0.4 is 16.4 Å². The third kappa shape index (κ3) is 3.45. The normalized spacial score (nSPS) is 16.0. The Labute approximate surface area is 178 Å². The van der Waals surface area contributed by atoms with Crippen molar-refractivity contribution >= 4 is 16.6 Å². The van der Waals surface area contributed by atoms with Crippen LogP contribution in [0.3, 0.4) is 0 Å². The number of benzene rings is 1. The lowest BCUT2D eigenvalue weighted by atomic mass is 10.0. The molecule has 0 spiro atoms. The first-order valence-electron chi connectivity index (χ1n) is 9.82. The zero-order valence-corrected chi connectivity index (χ0v) is 17.1. The van der Waals surface area contributed by atoms with E-state index in [4.69, 9.17) is 0 Å². The lowest BCUT2D eigenvalue weighted by molar-refractivity contribution is 0.0654. The number of aromatic nitrogens is 3. The van der Waals surface area contributed by atoms with Crippen LogP contribution in [0.5, 0.6) is 0 Å². The fourth-order valence-electron chi connectivity index (χ4n) is 3.82. The van der Waals surface area contributed by atoms with Crippen LogP contribution in [-0.4, -0.2) is 20.8 Å². The van der Waals surface area contributed by atoms with Gasteiger partial charge < -0.3 is 9.88 Å². The molecule has 170 valence electrons. The standard InChI is InChI=1S/C21H19F5N4O2/c1-10(11-4-3-5-12(16(11)22)17(23)24)27-18-14-9-30(21(6-7-21)20(25)26)15(31)8-13(14)19(32)29(2)28-18/h3-5,8-10,17,20H,6-7H2,1-2H3,(H,27,28)/t10-/m1/s1. The molecule has 0 saturated heterocycles. The minimum atomic E-state index is -3.00. The van der Waals surface area contributed by atoms with Crippen LogP contribution >= 0.6 is 0 Å². The maximum absolute atomic E-state index is 14.6. The molecular weight excluding hydrogens is 435 g/mol. The molecule has 0 radical (unpaired) electrons. The summed E-state index contributed by atoms with van der Waals surface area (Å²) in [6.45, 7) is 1.50. The smallest absolute Gasteiger partial charge is 0.274 e. The Hall–Kier alpha value is -3.24. The molecule has 32 heavy (non-hydrogen) atoms. The molecule has 6 nitrogen and oxygen atoms in total. The van der Waals surface area contributed by atoms with Gasteiger partial charge in [-0.25, -0.2) is 26.6 Å². The first-order valence-corrected chi connectivity index (χ1v) is 9.82. The largest absolute Gasteiger partial charge is 0.361 e. The molecule has 3 aromatic rings. The maximum atomic E-state index is 14.6. The first-order chi connectivity index (χ1) is 15.1. The van der Waals surface area contributed by atoms with E-state index >= 15 is 0 Å². The van der Waals surface area contributed by atoms with Crippen molar-refractivity contribution in [2.24, 2.45) is 7.05 Å². The Bertz CT molecular complexity index is 1310. The summed E-state index contributed by atoms with van der Waals surface area (Å²) < 4.78 is 69.8. The van der Waals surface area contributed by atoms with Crippen LogP contribution in [0.1, 0.15) is 43.4 Å². The zero-order valence-electron chi connectivity index (χ0n) is 17.1. The summed E-state index contributed by atoms with van der Waals surface area (Å²) in [5, 5.41) is 7.00. The van der Waals surface area contributed by atoms with Crippen LogP contribution in [0.15, 0.2) is 40.1 Å². The minimum Gasteiger partial charge on any atom is -0.361 e. The summed E-state index contributed by atoms with van der Waals surface area (Å²) in [5.74, 6) is -1.06. The molecular formula is C21H19F5N4O2. The quantitative estimate of drug-likeness (QED) is 0.570. The van der Waals surface area contributed by atoms with E-state index < -0.39 is 46.9 Å². The Balaban J connectivity index is 1.84. The molecule has 1 aliphatic carbocycles. The van der Waals surface area contributed by atoms with Gasteiger partial charge in [-0.05, 0) is 19.8 Å². The first kappa shape index (κ1) is 22.0. The highest BCUT2D eigenvalue weighted by Gasteiger charge is 2.53. The molecule has 1 aliphatic rings. The van der Waals surface area contributed by atoms with Gasteiger partial charge in [-0.1, -0.05) is 18.2 Å². The molecule has 1 saturated carbocycles. The summed E-state index contributed by atoms with van der Waals surface area (Å²) in [7, 11) is 1.34. The molecule has 1 atom stereocenters. The van der Waals surface area contributed by atoms with Crippen molar-refractivity contribution in [3.63, 3.8) is 0 Å². The van der Waals surface area contributed by atoms with Gasteiger partial charge in [0.2, 0.25) is 0 Å². The zero-order chi connectivity index (χ0) is 23.4. The Morgan fingerprint density at radius 1 is 1.09 bits per heavy atom. The molecule has 0 bridgehead atoms. The van der Waals surface area contributed by atoms with Crippen molar-refractivity contribution in [3.05, 3.63) is 68.1 Å². The second-order valence-electron chi connectivity index (χ2n) is 7.91. The van der Waals surface area contributed by atoms with E-state index in [0.29, 0.717) is 0 Å². The maximum Gasteiger partial charge on any atom is 0.274 e. The second kappa shape index (κ2) is 7.72. The number of halogens is 5. The van der Waals surface area contributed by atoms with Gasteiger partial charge >= 0.3 is 0 Å². The van der Waals surface area contributed by atoms with Gasteiger partial charge in [-0.2, -0.15) is 5.10 Å². The molecule has 0 amide bonds. The Morgan fingerprint density at radius 3 is 2.34 bits per heavy atom. The monoisotopic (exact) mass is 454 g/mol. The Morgan fingerprint density at radius 2 is 1.75 bits per heavy atom. The third-order valence-electron chi connectivity index (χ3n) is 5.84. The molecule has 1 fully saturated rings. The average Bonchev–Trinajstić information content (AvgIpc) is 3.53. The molecule has 1 N–H and O–H groups in total. The lowest BCUT2D eigenvalue weighted by Gasteiger charge is -2.21. The van der Waals surface area contributed by atoms with E-state index in [1.807, 2.05) is 0 Å². The van der Waals surface area contributed by atoms with E-state index in [1.165, 1.54) is 26.1 Å². The van der Waals surface area contributed by atoms with Crippen molar-refractivity contribution in [3.8, 4) is 0 Å². The number of fused-ring (bicyclic) bond motifs is 1. The Kier molecular flexibility index (Phi) is 5.30. The fraction of sp³-hybridized carbons (Fsp3) is 0.381. The van der Waals surface area contributed by atoms with E-state index in [0.717, 1.165) is 27.6 Å². The van der Waals surface area contributed by atoms with E-state index in [9.17, 15) is 31.5 Å². The molecule has 2 aromatic heterocycles. The van der Waals surface area contributed by atoms with Crippen molar-refractivity contribution in [1.82, 2.24) is 14.3 Å². The van der Waals surface area contributed by atoms with Gasteiger partial charge in [-0.15, -0.1) is 0 Å². The number of rotatable bonds is 6. The number of pyridine rings is 1. The van der Waals surface area contributed by atoms with Crippen molar-refractivity contribution < 1.29 is 22.0 Å². The van der Waals surface area contributed by atoms with Crippen molar-refractivity contribution in [2.45, 2.75) is 44.2 Å². The highest BCUT2D eigenvalue weighted by molar-refractivity contribution is 5.90. The molecule has 4 rings (SSSR count). The minimum absolute atomic E-state index is 0.0234. The van der Waals surface area contributed by atoms with Crippen molar-refractivity contribution in [1.29, 1.82) is 0 Å². The van der Waals surface area contributed by atoms with Gasteiger partial charge in [0.1, 0.15) is 11.4 Å². The van der Waals surface area contributed by atoms with Gasteiger partial charge in [-0.3, -0.25) is 9.59 Å². The predicted octanol–water partition coefficient (Wildman–Crippen LogP) is 4.10. The van der Waals surface area contributed by atoms with Crippen LogP contribution in [0.25, 0.3) is 10.8 Å². The average molecular weight is 454 g/mol. The number of alkyl halides is 4. The summed E-state index contributed by atoms with van der Waals surface area (Å²) >= 11 is 0. The third-order valence-corrected chi connectivity index (χ3v) is 5.84. The van der Waals surface area contributed by atoms with Crippen molar-refractivity contribution in [2.75, 3.05) is 5.32 Å². The van der Waals surface area contributed by atoms with Gasteiger partial charge in [0.25, 0.3) is 24.0 Å². The topological polar surface area (TPSA) is 68.9 Å². The van der Waals surface area contributed by atoms with Crippen LogP contribution in [0, 0.1) is 5.82 Å². The second-order valence-corrected chi connectivity index (χ2v) is 7.91. The van der Waals surface area contributed by atoms with Gasteiger partial charge in [0.15, 0.2) is 5.82 Å². The summed E-state index contributed by atoms with van der Waals surface area (Å²) in [6, 6.07) is 3.72. The van der Waals surface area contributed by atoms with Crippen LogP contribution in [0.2, 0.25) is 0 Å². The molecule has 11 heteroatoms. The molecule has 2 heterocycles. The number of hydrogen-bond donors (Lipinski definition) is 1. The summed E-state index contributed by atoms with van der Waals surface area (Å²) in [6.07, 6.45) is -4.40. The number of nitrogens with one attached hydrogen (secondary N) is 1. The summed E-state index contributed by atoms with van der Waals surface area (Å²) in [4.78, 5) is 25.0. The van der Waals surface area contributed by atoms with Crippen LogP contribution in [-0.2, 0) is 12.6 Å². The highest BCUT2D eigenvalue weighted by Crippen LogP contribution is 2.48. The van der Waals surface area contributed by atoms with Crippen LogP contribution in [0.4, 0.5) is 27.8 Å². The number of aryl methyl sites for hydroxylation is 1. The SMILES string of the molecule is C[C@@H](Nc1nn(C)c(=O)c2cc(=O)n(C3(C(F)F)CC3)cc12)c1cccc(C(F)F)c1F. The van der Waals surface area contributed by atoms with E-state index in [2.05, 4.69) is 10.4 Å². The number of anilines is 1. The van der Waals surface area contributed by atoms with E-state index in [1.54, 1.807) is 0 Å². The number of nitrogens with zero attached hydrogens (tertiary/aromatic N) is 3. The predicted molar refractivity (Wildman–Crippen MR) is 108 cm³/mol. The molecule has 0 unspecified atom stereocenters. The lowest BCUT2D eigenvalue weighted by Crippen LogP contribution is -2.36. The van der Waals surface area contributed by atoms with E-state index in [-0.39, 0.29) is 35.0 Å². The number of hydrogen-bond acceptors (Lipinski definition) is 4. The fourth-order valence-corrected chi connectivity index (χ4v) is 3.82. The molecule has 1 aromatic carbocycles. The molecule has 0 aliphatic heterocycles. The summed E-state index contributed by atoms with van der Waals surface area (Å²) in [5.41, 5.74) is -3.81. The van der Waals surface area contributed by atoms with Gasteiger partial charge in [0, 0.05) is 30.3 Å². The highest BCUT2D eigenvalue weighted by atomic mass is 19.3.